The minimum absolute atomic E-state index is 0.225. The summed E-state index contributed by atoms with van der Waals surface area (Å²) in [5.41, 5.74) is 0. The molecule has 0 saturated carbocycles. The Balaban J connectivity index is 2.83. The zero-order valence-corrected chi connectivity index (χ0v) is 6.67. The maximum atomic E-state index is 10.8. The molecule has 1 aliphatic rings. The highest BCUT2D eigenvalue weighted by molar-refractivity contribution is 7.85. The van der Waals surface area contributed by atoms with E-state index in [1.54, 1.807) is 6.92 Å². The highest BCUT2D eigenvalue weighted by atomic mass is 32.2. The number of hydrogen-bond donors (Lipinski definition) is 1. The molecule has 1 rings (SSSR count). The summed E-state index contributed by atoms with van der Waals surface area (Å²) in [5, 5.41) is 0. The van der Waals surface area contributed by atoms with Crippen LogP contribution in [0.1, 0.15) is 13.3 Å². The molecular weight excluding hydrogens is 172 g/mol. The zero-order valence-electron chi connectivity index (χ0n) is 5.85. The lowest BCUT2D eigenvalue weighted by molar-refractivity contribution is -0.137. The molecule has 0 unspecified atom stereocenters. The van der Waals surface area contributed by atoms with E-state index in [0.29, 0.717) is 4.31 Å². The summed E-state index contributed by atoms with van der Waals surface area (Å²) < 4.78 is 25.8. The first-order chi connectivity index (χ1) is 4.99. The van der Waals surface area contributed by atoms with Crippen molar-refractivity contribution in [3.05, 3.63) is 0 Å². The Kier molecular flexibility index (Phi) is 1.87. The van der Waals surface area contributed by atoms with Crippen molar-refractivity contribution < 1.29 is 17.5 Å². The van der Waals surface area contributed by atoms with Gasteiger partial charge in [0, 0.05) is 6.42 Å². The number of rotatable bonds is 2. The second-order valence-corrected chi connectivity index (χ2v) is 3.74. The maximum absolute atomic E-state index is 10.8. The van der Waals surface area contributed by atoms with Crippen LogP contribution < -0.4 is 5.90 Å². The van der Waals surface area contributed by atoms with Crippen LogP contribution in [-0.4, -0.2) is 24.7 Å². The van der Waals surface area contributed by atoms with Gasteiger partial charge in [-0.2, -0.15) is 18.6 Å². The van der Waals surface area contributed by atoms with Gasteiger partial charge in [0.05, 0.1) is 6.04 Å². The van der Waals surface area contributed by atoms with Gasteiger partial charge in [0.15, 0.2) is 0 Å². The number of nitrogens with zero attached hydrogens (tertiary/aromatic N) is 1. The third kappa shape index (κ3) is 1.22. The zero-order chi connectivity index (χ0) is 8.65. The second kappa shape index (κ2) is 2.43. The van der Waals surface area contributed by atoms with Gasteiger partial charge in [-0.25, -0.2) is 4.31 Å². The number of carbonyl (C=O) groups excluding carboxylic acids is 1. The summed E-state index contributed by atoms with van der Waals surface area (Å²) in [6.07, 6.45) is 0.225. The Morgan fingerprint density at radius 1 is 1.73 bits per heavy atom. The van der Waals surface area contributed by atoms with Crippen LogP contribution in [0.4, 0.5) is 0 Å². The van der Waals surface area contributed by atoms with Gasteiger partial charge < -0.3 is 0 Å². The molecule has 0 radical (unpaired) electrons. The Labute approximate surface area is 64.1 Å². The molecule has 2 N–H and O–H groups in total. The molecule has 64 valence electrons. The van der Waals surface area contributed by atoms with Crippen molar-refractivity contribution in [1.82, 2.24) is 4.31 Å². The molecule has 0 bridgehead atoms. The molecule has 1 atom stereocenters. The average Bonchev–Trinajstić information content (AvgIpc) is 1.86. The second-order valence-electron chi connectivity index (χ2n) is 2.30. The van der Waals surface area contributed by atoms with E-state index in [1.165, 1.54) is 0 Å². The van der Waals surface area contributed by atoms with Crippen molar-refractivity contribution in [3.8, 4) is 0 Å². The summed E-state index contributed by atoms with van der Waals surface area (Å²) in [6.45, 7) is 1.60. The van der Waals surface area contributed by atoms with Crippen LogP contribution in [0.5, 0.6) is 0 Å². The third-order valence-electron chi connectivity index (χ3n) is 1.48. The predicted molar refractivity (Wildman–Crippen MR) is 35.1 cm³/mol. The van der Waals surface area contributed by atoms with Gasteiger partial charge in [0.2, 0.25) is 5.91 Å². The molecule has 0 aliphatic carbocycles. The van der Waals surface area contributed by atoms with Gasteiger partial charge in [-0.05, 0) is 6.92 Å². The first-order valence-corrected chi connectivity index (χ1v) is 4.31. The number of amides is 1. The molecule has 0 spiro atoms. The average molecular weight is 180 g/mol. The highest BCUT2D eigenvalue weighted by Gasteiger charge is 2.42. The molecule has 1 amide bonds. The van der Waals surface area contributed by atoms with Gasteiger partial charge in [-0.3, -0.25) is 4.79 Å². The van der Waals surface area contributed by atoms with Crippen LogP contribution in [0, 0.1) is 0 Å². The van der Waals surface area contributed by atoms with Crippen LogP contribution in [0.25, 0.3) is 0 Å². The van der Waals surface area contributed by atoms with Crippen LogP contribution in [0.3, 0.4) is 0 Å². The number of carbonyl (C=O) groups is 1. The van der Waals surface area contributed by atoms with E-state index in [4.69, 9.17) is 0 Å². The Hall–Kier alpha value is -0.660. The minimum atomic E-state index is -4.00. The molecule has 0 aromatic heterocycles. The van der Waals surface area contributed by atoms with E-state index in [9.17, 15) is 13.2 Å². The molecule has 1 heterocycles. The van der Waals surface area contributed by atoms with E-state index >= 15 is 0 Å². The quantitative estimate of drug-likeness (QED) is 0.423. The minimum Gasteiger partial charge on any atom is -0.274 e. The number of hydrogen-bond acceptors (Lipinski definition) is 5. The first-order valence-electron chi connectivity index (χ1n) is 2.94. The summed E-state index contributed by atoms with van der Waals surface area (Å²) >= 11 is 0. The van der Waals surface area contributed by atoms with Gasteiger partial charge in [-0.1, -0.05) is 0 Å². The van der Waals surface area contributed by atoms with Crippen molar-refractivity contribution in [3.63, 3.8) is 0 Å². The van der Waals surface area contributed by atoms with Crippen LogP contribution in [0.2, 0.25) is 0 Å². The van der Waals surface area contributed by atoms with Crippen molar-refractivity contribution in [2.75, 3.05) is 0 Å². The molecule has 6 nitrogen and oxygen atoms in total. The van der Waals surface area contributed by atoms with Crippen molar-refractivity contribution in [2.45, 2.75) is 19.4 Å². The molecule has 1 fully saturated rings. The Bertz CT molecular complexity index is 272. The van der Waals surface area contributed by atoms with Gasteiger partial charge >= 0.3 is 10.3 Å². The largest absolute Gasteiger partial charge is 0.380 e. The van der Waals surface area contributed by atoms with Crippen LogP contribution in [-0.2, 0) is 19.4 Å². The van der Waals surface area contributed by atoms with Gasteiger partial charge in [-0.15, -0.1) is 0 Å². The maximum Gasteiger partial charge on any atom is 0.380 e. The summed E-state index contributed by atoms with van der Waals surface area (Å²) in [7, 11) is -4.00. The lowest BCUT2D eigenvalue weighted by atomic mass is 10.1. The SMILES string of the molecule is C[C@H]1CC(=O)N1S(=O)(=O)ON. The molecule has 1 saturated heterocycles. The fraction of sp³-hybridized carbons (Fsp3) is 0.750. The predicted octanol–water partition coefficient (Wildman–Crippen LogP) is -1.26. The topological polar surface area (TPSA) is 89.7 Å². The van der Waals surface area contributed by atoms with Crippen molar-refractivity contribution in [1.29, 1.82) is 0 Å². The van der Waals surface area contributed by atoms with E-state index < -0.39 is 16.2 Å². The van der Waals surface area contributed by atoms with Gasteiger partial charge in [0.25, 0.3) is 0 Å². The Morgan fingerprint density at radius 3 is 2.45 bits per heavy atom. The lowest BCUT2D eigenvalue weighted by Crippen LogP contribution is -2.54. The molecular formula is C4H8N2O4S. The Morgan fingerprint density at radius 2 is 2.27 bits per heavy atom. The summed E-state index contributed by atoms with van der Waals surface area (Å²) in [5.74, 6) is 3.98. The normalized spacial score (nSPS) is 25.1. The van der Waals surface area contributed by atoms with E-state index in [2.05, 4.69) is 10.2 Å². The third-order valence-corrected chi connectivity index (χ3v) is 2.77. The lowest BCUT2D eigenvalue weighted by Gasteiger charge is -2.34. The fourth-order valence-corrected chi connectivity index (χ4v) is 1.88. The summed E-state index contributed by atoms with van der Waals surface area (Å²) in [4.78, 5) is 10.7. The van der Waals surface area contributed by atoms with E-state index in [0.717, 1.165) is 0 Å². The molecule has 1 aliphatic heterocycles. The van der Waals surface area contributed by atoms with E-state index in [1.807, 2.05) is 0 Å². The van der Waals surface area contributed by atoms with Crippen LogP contribution in [0.15, 0.2) is 0 Å². The van der Waals surface area contributed by atoms with Crippen molar-refractivity contribution in [2.24, 2.45) is 5.90 Å². The van der Waals surface area contributed by atoms with Gasteiger partial charge in [0.1, 0.15) is 0 Å². The molecule has 0 aromatic carbocycles. The highest BCUT2D eigenvalue weighted by Crippen LogP contribution is 2.22. The fourth-order valence-electron chi connectivity index (χ4n) is 0.950. The standard InChI is InChI=1S/C4H8N2O4S/c1-3-2-4(7)6(3)11(8,9)10-5/h3H,2,5H2,1H3/t3-/m0/s1. The monoisotopic (exact) mass is 180 g/mol. The smallest absolute Gasteiger partial charge is 0.274 e. The molecule has 11 heavy (non-hydrogen) atoms. The first kappa shape index (κ1) is 8.44. The molecule has 7 heteroatoms. The summed E-state index contributed by atoms with van der Waals surface area (Å²) in [6, 6.07) is -0.337. The molecule has 0 aromatic rings. The number of β-lactam (4-membered cyclic amide) rings is 1. The van der Waals surface area contributed by atoms with Crippen molar-refractivity contribution >= 4 is 16.2 Å². The van der Waals surface area contributed by atoms with Crippen LogP contribution >= 0.6 is 0 Å². The number of nitrogens with two attached hydrogens (primary N) is 1. The van der Waals surface area contributed by atoms with E-state index in [-0.39, 0.29) is 12.5 Å².